The van der Waals surface area contributed by atoms with Crippen molar-refractivity contribution in [2.45, 2.75) is 25.8 Å². The summed E-state index contributed by atoms with van der Waals surface area (Å²) in [6, 6.07) is 13.1. The van der Waals surface area contributed by atoms with Crippen LogP contribution >= 0.6 is 0 Å². The van der Waals surface area contributed by atoms with Crippen LogP contribution in [0.2, 0.25) is 0 Å². The monoisotopic (exact) mass is 341 g/mol. The third-order valence-electron chi connectivity index (χ3n) is 4.55. The molecule has 0 saturated carbocycles. The predicted octanol–water partition coefficient (Wildman–Crippen LogP) is 3.65. The van der Waals surface area contributed by atoms with Crippen molar-refractivity contribution in [2.24, 2.45) is 0 Å². The zero-order chi connectivity index (χ0) is 17.8. The highest BCUT2D eigenvalue weighted by Gasteiger charge is 2.26. The molecule has 1 aliphatic rings. The molecule has 5 nitrogen and oxygen atoms in total. The number of hydrogen-bond acceptors (Lipinski definition) is 5. The summed E-state index contributed by atoms with van der Waals surface area (Å²) in [4.78, 5) is 14.1. The van der Waals surface area contributed by atoms with Gasteiger partial charge in [-0.05, 0) is 44.0 Å². The molecule has 0 spiro atoms. The van der Waals surface area contributed by atoms with E-state index in [4.69, 9.17) is 9.47 Å². The summed E-state index contributed by atoms with van der Waals surface area (Å²) in [7, 11) is 1.66. The minimum Gasteiger partial charge on any atom is -0.507 e. The van der Waals surface area contributed by atoms with Gasteiger partial charge in [0.15, 0.2) is 5.78 Å². The van der Waals surface area contributed by atoms with E-state index in [1.807, 2.05) is 18.2 Å². The summed E-state index contributed by atoms with van der Waals surface area (Å²) in [5.41, 5.74) is 1.35. The van der Waals surface area contributed by atoms with E-state index in [0.29, 0.717) is 12.4 Å². The fraction of sp³-hybridized carbons (Fsp3) is 0.350. The lowest BCUT2D eigenvalue weighted by molar-refractivity contribution is 0.101. The molecule has 0 radical (unpaired) electrons. The van der Waals surface area contributed by atoms with Gasteiger partial charge in [0.05, 0.1) is 13.2 Å². The van der Waals surface area contributed by atoms with E-state index in [1.54, 1.807) is 19.2 Å². The molecule has 5 heteroatoms. The van der Waals surface area contributed by atoms with Gasteiger partial charge in [0, 0.05) is 18.3 Å². The first-order chi connectivity index (χ1) is 12.1. The number of hydrogen-bond donors (Lipinski definition) is 1. The van der Waals surface area contributed by atoms with E-state index in [-0.39, 0.29) is 23.1 Å². The smallest absolute Gasteiger partial charge is 0.167 e. The highest BCUT2D eigenvalue weighted by atomic mass is 16.5. The van der Waals surface area contributed by atoms with Crippen LogP contribution in [0, 0.1) is 0 Å². The number of phenolic OH excluding ortho intramolecular Hbond substituents is 1. The molecule has 1 heterocycles. The number of nitrogens with zero attached hydrogens (tertiary/aromatic N) is 1. The van der Waals surface area contributed by atoms with Crippen LogP contribution in [0.5, 0.6) is 17.2 Å². The highest BCUT2D eigenvalue weighted by molar-refractivity contribution is 5.99. The van der Waals surface area contributed by atoms with E-state index in [1.165, 1.54) is 13.0 Å². The first-order valence-corrected chi connectivity index (χ1v) is 8.46. The minimum absolute atomic E-state index is 0.0407. The Balaban J connectivity index is 1.75. The number of carbonyl (C=O) groups excluding carboxylic acids is 1. The Labute approximate surface area is 147 Å². The number of benzene rings is 2. The van der Waals surface area contributed by atoms with Crippen molar-refractivity contribution in [1.29, 1.82) is 0 Å². The molecule has 0 amide bonds. The third-order valence-corrected chi connectivity index (χ3v) is 4.55. The molecule has 1 aliphatic heterocycles. The van der Waals surface area contributed by atoms with E-state index < -0.39 is 0 Å². The number of methoxy groups -OCH3 is 1. The lowest BCUT2D eigenvalue weighted by Gasteiger charge is -2.27. The Morgan fingerprint density at radius 2 is 2.08 bits per heavy atom. The summed E-state index contributed by atoms with van der Waals surface area (Å²) >= 11 is 0. The predicted molar refractivity (Wildman–Crippen MR) is 97.0 cm³/mol. The van der Waals surface area contributed by atoms with Crippen molar-refractivity contribution >= 4 is 11.5 Å². The lowest BCUT2D eigenvalue weighted by atomic mass is 10.1. The van der Waals surface area contributed by atoms with E-state index in [9.17, 15) is 9.90 Å². The van der Waals surface area contributed by atoms with Crippen molar-refractivity contribution in [1.82, 2.24) is 0 Å². The van der Waals surface area contributed by atoms with Crippen LogP contribution in [0.4, 0.5) is 5.69 Å². The second kappa shape index (κ2) is 7.47. The third kappa shape index (κ3) is 3.71. The fourth-order valence-electron chi connectivity index (χ4n) is 3.32. The van der Waals surface area contributed by atoms with Gasteiger partial charge in [-0.2, -0.15) is 0 Å². The van der Waals surface area contributed by atoms with Gasteiger partial charge in [-0.1, -0.05) is 12.1 Å². The molecule has 0 aromatic heterocycles. The van der Waals surface area contributed by atoms with Crippen LogP contribution in [0.15, 0.2) is 42.5 Å². The average molecular weight is 341 g/mol. The number of ketones is 1. The Morgan fingerprint density at radius 3 is 2.84 bits per heavy atom. The second-order valence-corrected chi connectivity index (χ2v) is 6.21. The number of phenols is 1. The molecule has 1 saturated heterocycles. The lowest BCUT2D eigenvalue weighted by Crippen LogP contribution is -2.34. The normalized spacial score (nSPS) is 16.7. The van der Waals surface area contributed by atoms with Crippen molar-refractivity contribution < 1.29 is 19.4 Å². The van der Waals surface area contributed by atoms with Crippen molar-refractivity contribution in [3.8, 4) is 17.2 Å². The zero-order valence-corrected chi connectivity index (χ0v) is 14.6. The van der Waals surface area contributed by atoms with Gasteiger partial charge < -0.3 is 19.5 Å². The summed E-state index contributed by atoms with van der Waals surface area (Å²) in [6.45, 7) is 2.85. The molecule has 1 N–H and O–H groups in total. The maximum absolute atomic E-state index is 11.8. The summed E-state index contributed by atoms with van der Waals surface area (Å²) < 4.78 is 11.2. The molecule has 25 heavy (non-hydrogen) atoms. The van der Waals surface area contributed by atoms with Crippen LogP contribution in [0.1, 0.15) is 30.1 Å². The second-order valence-electron chi connectivity index (χ2n) is 6.21. The van der Waals surface area contributed by atoms with Gasteiger partial charge >= 0.3 is 0 Å². The maximum Gasteiger partial charge on any atom is 0.167 e. The number of rotatable bonds is 6. The van der Waals surface area contributed by atoms with Crippen LogP contribution in [-0.2, 0) is 0 Å². The minimum atomic E-state index is -0.204. The Bertz CT molecular complexity index is 759. The number of carbonyl (C=O) groups is 1. The van der Waals surface area contributed by atoms with Gasteiger partial charge in [0.2, 0.25) is 0 Å². The molecule has 2 aromatic carbocycles. The van der Waals surface area contributed by atoms with E-state index in [2.05, 4.69) is 11.0 Å². The topological polar surface area (TPSA) is 59.0 Å². The fourth-order valence-corrected chi connectivity index (χ4v) is 3.32. The molecule has 0 aliphatic carbocycles. The van der Waals surface area contributed by atoms with Crippen LogP contribution in [0.25, 0.3) is 0 Å². The maximum atomic E-state index is 11.8. The summed E-state index contributed by atoms with van der Waals surface area (Å²) in [6.07, 6.45) is 2.11. The standard InChI is InChI=1S/C20H23NO4/c1-14(22)20-18(23)9-4-10-19(20)25-13-16-7-5-11-21(16)15-6-3-8-17(12-15)24-2/h3-4,6,8-10,12,16,23H,5,7,11,13H2,1-2H3/t16-/m0/s1. The van der Waals surface area contributed by atoms with Gasteiger partial charge in [-0.15, -0.1) is 0 Å². The molecular formula is C20H23NO4. The van der Waals surface area contributed by atoms with Crippen molar-refractivity contribution in [3.63, 3.8) is 0 Å². The Kier molecular flexibility index (Phi) is 5.12. The first-order valence-electron chi connectivity index (χ1n) is 8.46. The molecule has 0 unspecified atom stereocenters. The van der Waals surface area contributed by atoms with E-state index in [0.717, 1.165) is 30.8 Å². The van der Waals surface area contributed by atoms with Gasteiger partial charge in [0.25, 0.3) is 0 Å². The highest BCUT2D eigenvalue weighted by Crippen LogP contribution is 2.31. The van der Waals surface area contributed by atoms with Crippen LogP contribution in [-0.4, -0.2) is 37.2 Å². The Hall–Kier alpha value is -2.69. The van der Waals surface area contributed by atoms with Crippen LogP contribution in [0.3, 0.4) is 0 Å². The Morgan fingerprint density at radius 1 is 1.28 bits per heavy atom. The van der Waals surface area contributed by atoms with Gasteiger partial charge in [-0.25, -0.2) is 0 Å². The number of aromatic hydroxyl groups is 1. The molecular weight excluding hydrogens is 318 g/mol. The summed E-state index contributed by atoms with van der Waals surface area (Å²) in [5, 5.41) is 9.92. The van der Waals surface area contributed by atoms with Gasteiger partial charge in [-0.3, -0.25) is 4.79 Å². The zero-order valence-electron chi connectivity index (χ0n) is 14.6. The van der Waals surface area contributed by atoms with Gasteiger partial charge in [0.1, 0.15) is 29.4 Å². The van der Waals surface area contributed by atoms with Crippen molar-refractivity contribution in [2.75, 3.05) is 25.2 Å². The molecule has 1 fully saturated rings. The number of anilines is 1. The van der Waals surface area contributed by atoms with Crippen molar-refractivity contribution in [3.05, 3.63) is 48.0 Å². The largest absolute Gasteiger partial charge is 0.507 e. The number of ether oxygens (including phenoxy) is 2. The van der Waals surface area contributed by atoms with E-state index >= 15 is 0 Å². The molecule has 1 atom stereocenters. The molecule has 0 bridgehead atoms. The first kappa shape index (κ1) is 17.1. The molecule has 132 valence electrons. The quantitative estimate of drug-likeness (QED) is 0.813. The molecule has 2 aromatic rings. The number of Topliss-reactive ketones (excluding diaryl/α,β-unsaturated/α-hetero) is 1. The average Bonchev–Trinajstić information content (AvgIpc) is 3.08. The SMILES string of the molecule is COc1cccc(N2CCC[C@H]2COc2cccc(O)c2C(C)=O)c1. The summed E-state index contributed by atoms with van der Waals surface area (Å²) in [5.74, 6) is 1.02. The van der Waals surface area contributed by atoms with Crippen LogP contribution < -0.4 is 14.4 Å². The molecule has 3 rings (SSSR count).